The Balaban J connectivity index is 1.48. The van der Waals surface area contributed by atoms with Gasteiger partial charge in [0.2, 0.25) is 0 Å². The van der Waals surface area contributed by atoms with Gasteiger partial charge in [0.25, 0.3) is 11.8 Å². The smallest absolute Gasteiger partial charge is 0.265 e. The van der Waals surface area contributed by atoms with Crippen LogP contribution in [0.15, 0.2) is 109 Å². The molecule has 156 valence electrons. The Bertz CT molecular complexity index is 1500. The molecule has 1 aliphatic rings. The van der Waals surface area contributed by atoms with Crippen LogP contribution in [0.1, 0.15) is 20.7 Å². The highest BCUT2D eigenvalue weighted by atomic mass is 16.2. The minimum absolute atomic E-state index is 0.299. The van der Waals surface area contributed by atoms with Crippen molar-refractivity contribution < 1.29 is 9.59 Å². The van der Waals surface area contributed by atoms with E-state index in [4.69, 9.17) is 0 Å². The average Bonchev–Trinajstić information content (AvgIpc) is 2.88. The molecule has 4 nitrogen and oxygen atoms in total. The third-order valence-electron chi connectivity index (χ3n) is 6.08. The van der Waals surface area contributed by atoms with E-state index in [-0.39, 0.29) is 11.8 Å². The second-order valence-corrected chi connectivity index (χ2v) is 7.96. The number of hydrogen-bond donors (Lipinski definition) is 0. The van der Waals surface area contributed by atoms with Crippen LogP contribution in [-0.4, -0.2) is 16.8 Å². The highest BCUT2D eigenvalue weighted by molar-refractivity contribution is 6.36. The van der Waals surface area contributed by atoms with Gasteiger partial charge in [0.05, 0.1) is 11.4 Å². The first-order valence-corrected chi connectivity index (χ1v) is 10.7. The standard InChI is InChI=1S/C29H18N2O2/c32-28-24-10-6-9-23-22(19-12-14-20(15-13-19)26-11-4-5-18-30-26)16-17-25(27(23)24)29(33)31(28)21-7-2-1-3-8-21/h1-18H. The summed E-state index contributed by atoms with van der Waals surface area (Å²) >= 11 is 0. The van der Waals surface area contributed by atoms with Crippen LogP contribution in [-0.2, 0) is 0 Å². The number of nitrogens with zero attached hydrogens (tertiary/aromatic N) is 2. The number of benzene rings is 4. The molecule has 0 saturated carbocycles. The molecule has 1 aliphatic heterocycles. The molecule has 0 aliphatic carbocycles. The van der Waals surface area contributed by atoms with E-state index in [1.54, 1.807) is 24.4 Å². The molecule has 1 aromatic heterocycles. The van der Waals surface area contributed by atoms with Crippen LogP contribution in [0.4, 0.5) is 5.69 Å². The van der Waals surface area contributed by atoms with E-state index in [0.29, 0.717) is 22.2 Å². The summed E-state index contributed by atoms with van der Waals surface area (Å²) in [6, 6.07) is 32.5. The van der Waals surface area contributed by atoms with Crippen LogP contribution in [0, 0.1) is 0 Å². The number of pyridine rings is 1. The van der Waals surface area contributed by atoms with Gasteiger partial charge >= 0.3 is 0 Å². The molecule has 0 spiro atoms. The first-order valence-electron chi connectivity index (χ1n) is 10.7. The largest absolute Gasteiger partial charge is 0.268 e. The third-order valence-corrected chi connectivity index (χ3v) is 6.08. The van der Waals surface area contributed by atoms with Gasteiger partial charge in [-0.15, -0.1) is 0 Å². The topological polar surface area (TPSA) is 50.3 Å². The number of carbonyl (C=O) groups excluding carboxylic acids is 2. The summed E-state index contributed by atoms with van der Waals surface area (Å²) in [7, 11) is 0. The third kappa shape index (κ3) is 3.04. The summed E-state index contributed by atoms with van der Waals surface area (Å²) in [5, 5.41) is 1.61. The number of carbonyl (C=O) groups is 2. The maximum Gasteiger partial charge on any atom is 0.265 e. The van der Waals surface area contributed by atoms with Crippen molar-refractivity contribution in [2.75, 3.05) is 4.90 Å². The minimum Gasteiger partial charge on any atom is -0.268 e. The molecule has 0 N–H and O–H groups in total. The van der Waals surface area contributed by atoms with E-state index < -0.39 is 0 Å². The predicted octanol–water partition coefficient (Wildman–Crippen LogP) is 6.37. The molecule has 33 heavy (non-hydrogen) atoms. The summed E-state index contributed by atoms with van der Waals surface area (Å²) in [5.74, 6) is -0.598. The van der Waals surface area contributed by atoms with Crippen LogP contribution < -0.4 is 4.90 Å². The summed E-state index contributed by atoms with van der Waals surface area (Å²) in [6.45, 7) is 0. The van der Waals surface area contributed by atoms with Crippen molar-refractivity contribution in [3.05, 3.63) is 120 Å². The number of aromatic nitrogens is 1. The van der Waals surface area contributed by atoms with Gasteiger partial charge in [0.15, 0.2) is 0 Å². The van der Waals surface area contributed by atoms with Crippen molar-refractivity contribution in [3.63, 3.8) is 0 Å². The lowest BCUT2D eigenvalue weighted by atomic mass is 9.88. The molecule has 4 aromatic carbocycles. The maximum atomic E-state index is 13.4. The van der Waals surface area contributed by atoms with Crippen LogP contribution >= 0.6 is 0 Å². The molecule has 2 amide bonds. The van der Waals surface area contributed by atoms with Crippen molar-refractivity contribution in [2.45, 2.75) is 0 Å². The first kappa shape index (κ1) is 19.1. The molecule has 0 bridgehead atoms. The number of amides is 2. The van der Waals surface area contributed by atoms with Gasteiger partial charge in [-0.1, -0.05) is 66.7 Å². The molecule has 0 unspecified atom stereocenters. The normalized spacial score (nSPS) is 12.9. The van der Waals surface area contributed by atoms with E-state index in [9.17, 15) is 9.59 Å². The molecule has 5 aromatic rings. The minimum atomic E-state index is -0.299. The molecule has 4 heteroatoms. The Morgan fingerprint density at radius 3 is 1.94 bits per heavy atom. The second-order valence-electron chi connectivity index (χ2n) is 7.96. The Morgan fingerprint density at radius 1 is 0.545 bits per heavy atom. The molecule has 2 heterocycles. The van der Waals surface area contributed by atoms with Gasteiger partial charge in [-0.05, 0) is 52.9 Å². The van der Waals surface area contributed by atoms with Gasteiger partial charge in [0.1, 0.15) is 0 Å². The van der Waals surface area contributed by atoms with E-state index in [1.165, 1.54) is 4.90 Å². The highest BCUT2D eigenvalue weighted by Crippen LogP contribution is 2.38. The summed E-state index contributed by atoms with van der Waals surface area (Å²) in [6.07, 6.45) is 1.78. The maximum absolute atomic E-state index is 13.4. The zero-order chi connectivity index (χ0) is 22.4. The van der Waals surface area contributed by atoms with E-state index in [2.05, 4.69) is 17.1 Å². The van der Waals surface area contributed by atoms with Gasteiger partial charge in [-0.25, -0.2) is 4.90 Å². The monoisotopic (exact) mass is 426 g/mol. The first-order chi connectivity index (χ1) is 16.2. The quantitative estimate of drug-likeness (QED) is 0.315. The van der Waals surface area contributed by atoms with Crippen molar-refractivity contribution in [2.24, 2.45) is 0 Å². The second kappa shape index (κ2) is 7.53. The zero-order valence-electron chi connectivity index (χ0n) is 17.6. The molecule has 0 fully saturated rings. The van der Waals surface area contributed by atoms with Crippen molar-refractivity contribution in [3.8, 4) is 22.4 Å². The zero-order valence-corrected chi connectivity index (χ0v) is 17.6. The lowest BCUT2D eigenvalue weighted by Gasteiger charge is -2.27. The van der Waals surface area contributed by atoms with Gasteiger partial charge in [0, 0.05) is 28.3 Å². The number of anilines is 1. The lowest BCUT2D eigenvalue weighted by molar-refractivity contribution is 0.0893. The van der Waals surface area contributed by atoms with Crippen molar-refractivity contribution in [1.82, 2.24) is 4.98 Å². The van der Waals surface area contributed by atoms with Crippen LogP contribution in [0.5, 0.6) is 0 Å². The Hall–Kier alpha value is -4.57. The fourth-order valence-corrected chi connectivity index (χ4v) is 4.51. The molecule has 0 atom stereocenters. The lowest BCUT2D eigenvalue weighted by Crippen LogP contribution is -2.40. The van der Waals surface area contributed by atoms with Gasteiger partial charge < -0.3 is 0 Å². The predicted molar refractivity (Wildman–Crippen MR) is 130 cm³/mol. The molecular weight excluding hydrogens is 408 g/mol. The van der Waals surface area contributed by atoms with Gasteiger partial charge in [-0.2, -0.15) is 0 Å². The summed E-state index contributed by atoms with van der Waals surface area (Å²) in [4.78, 5) is 32.4. The molecular formula is C29H18N2O2. The molecule has 6 rings (SSSR count). The SMILES string of the molecule is O=C1c2cccc3c(-c4ccc(-c5ccccn5)cc4)ccc(c23)C(=O)N1c1ccccc1. The Labute approximate surface area is 190 Å². The van der Waals surface area contributed by atoms with Crippen LogP contribution in [0.25, 0.3) is 33.2 Å². The Morgan fingerprint density at radius 2 is 1.21 bits per heavy atom. The van der Waals surface area contributed by atoms with E-state index in [0.717, 1.165) is 27.8 Å². The van der Waals surface area contributed by atoms with Crippen molar-refractivity contribution in [1.29, 1.82) is 0 Å². The number of hydrogen-bond acceptors (Lipinski definition) is 3. The molecule has 0 radical (unpaired) electrons. The van der Waals surface area contributed by atoms with Crippen LogP contribution in [0.2, 0.25) is 0 Å². The Kier molecular flexibility index (Phi) is 4.37. The number of para-hydroxylation sites is 1. The van der Waals surface area contributed by atoms with Crippen molar-refractivity contribution >= 4 is 28.3 Å². The average molecular weight is 426 g/mol. The van der Waals surface area contributed by atoms with E-state index in [1.807, 2.05) is 72.8 Å². The van der Waals surface area contributed by atoms with E-state index >= 15 is 0 Å². The van der Waals surface area contributed by atoms with Gasteiger partial charge in [-0.3, -0.25) is 14.6 Å². The number of imide groups is 1. The summed E-state index contributed by atoms with van der Waals surface area (Å²) in [5.41, 5.74) is 5.60. The fraction of sp³-hybridized carbons (Fsp3) is 0. The number of rotatable bonds is 3. The molecule has 0 saturated heterocycles. The fourth-order valence-electron chi connectivity index (χ4n) is 4.51. The highest BCUT2D eigenvalue weighted by Gasteiger charge is 2.34. The summed E-state index contributed by atoms with van der Waals surface area (Å²) < 4.78 is 0. The van der Waals surface area contributed by atoms with Crippen LogP contribution in [0.3, 0.4) is 0 Å².